The minimum Gasteiger partial charge on any atom is -0.389 e. The topological polar surface area (TPSA) is 35.9 Å². The zero-order valence-electron chi connectivity index (χ0n) is 5.61. The van der Waals surface area contributed by atoms with Crippen LogP contribution in [0.15, 0.2) is 12.3 Å². The largest absolute Gasteiger partial charge is 0.389 e. The van der Waals surface area contributed by atoms with Gasteiger partial charge in [-0.2, -0.15) is 0 Å². The molecule has 0 rings (SSSR count). The Bertz CT molecular complexity index is 118. The van der Waals surface area contributed by atoms with Crippen LogP contribution in [0.5, 0.6) is 0 Å². The van der Waals surface area contributed by atoms with Crippen LogP contribution in [0.4, 0.5) is 0 Å². The van der Waals surface area contributed by atoms with E-state index in [2.05, 4.69) is 5.32 Å². The Morgan fingerprint density at radius 3 is 2.56 bits per heavy atom. The number of hydrogen-bond acceptors (Lipinski definition) is 2. The lowest BCUT2D eigenvalue weighted by Crippen LogP contribution is -2.15. The van der Waals surface area contributed by atoms with Crippen LogP contribution in [0.1, 0.15) is 13.8 Å². The zero-order valence-corrected chi connectivity index (χ0v) is 6.37. The average molecular weight is 147 g/mol. The predicted molar refractivity (Wildman–Crippen MR) is 41.0 cm³/mol. The third kappa shape index (κ3) is 7.50. The molecule has 0 aromatic rings. The molecule has 0 aliphatic carbocycles. The molecule has 0 saturated heterocycles. The fourth-order valence-electron chi connectivity index (χ4n) is 0.314. The quantitative estimate of drug-likeness (QED) is 0.585. The van der Waals surface area contributed by atoms with Crippen molar-refractivity contribution in [1.29, 1.82) is 5.41 Å². The molecule has 2 N–H and O–H groups in total. The molecule has 2 nitrogen and oxygen atoms in total. The fraction of sp³-hybridized carbons (Fsp3) is 0.500. The minimum atomic E-state index is 0.0446. The first kappa shape index (κ1) is 8.50. The van der Waals surface area contributed by atoms with Crippen molar-refractivity contribution in [2.24, 2.45) is 0 Å². The van der Waals surface area contributed by atoms with E-state index in [0.29, 0.717) is 6.04 Å². The van der Waals surface area contributed by atoms with E-state index in [1.54, 1.807) is 6.20 Å². The summed E-state index contributed by atoms with van der Waals surface area (Å²) in [5.41, 5.74) is 0. The first-order chi connectivity index (χ1) is 4.13. The van der Waals surface area contributed by atoms with E-state index in [1.807, 2.05) is 13.8 Å². The van der Waals surface area contributed by atoms with Crippen LogP contribution in [-0.2, 0) is 0 Å². The third-order valence-corrected chi connectivity index (χ3v) is 0.785. The second kappa shape index (κ2) is 4.39. The summed E-state index contributed by atoms with van der Waals surface area (Å²) in [4.78, 5) is 0. The Hall–Kier alpha value is -0.500. The van der Waals surface area contributed by atoms with E-state index < -0.39 is 0 Å². The van der Waals surface area contributed by atoms with Gasteiger partial charge in [0.25, 0.3) is 0 Å². The number of halogens is 1. The van der Waals surface area contributed by atoms with E-state index in [4.69, 9.17) is 17.0 Å². The molecule has 0 spiro atoms. The van der Waals surface area contributed by atoms with Gasteiger partial charge >= 0.3 is 0 Å². The van der Waals surface area contributed by atoms with Crippen LogP contribution in [0.3, 0.4) is 0 Å². The van der Waals surface area contributed by atoms with Gasteiger partial charge in [0, 0.05) is 6.04 Å². The summed E-state index contributed by atoms with van der Waals surface area (Å²) in [6, 6.07) is 0.400. The molecule has 0 heterocycles. The number of rotatable bonds is 3. The van der Waals surface area contributed by atoms with Crippen molar-refractivity contribution in [3.8, 4) is 0 Å². The maximum absolute atomic E-state index is 6.78. The van der Waals surface area contributed by atoms with Gasteiger partial charge in [0.05, 0.1) is 0 Å². The summed E-state index contributed by atoms with van der Waals surface area (Å²) in [7, 11) is 0. The Kier molecular flexibility index (Phi) is 4.14. The van der Waals surface area contributed by atoms with Crippen LogP contribution >= 0.6 is 11.6 Å². The third-order valence-electron chi connectivity index (χ3n) is 0.659. The molecule has 0 aromatic carbocycles. The van der Waals surface area contributed by atoms with E-state index in [1.165, 1.54) is 6.08 Å². The van der Waals surface area contributed by atoms with Gasteiger partial charge in [0.15, 0.2) is 0 Å². The van der Waals surface area contributed by atoms with Gasteiger partial charge in [-0.25, -0.2) is 0 Å². The summed E-state index contributed by atoms with van der Waals surface area (Å²) >= 11 is 5.22. The molecule has 0 aliphatic heterocycles. The van der Waals surface area contributed by atoms with Gasteiger partial charge in [-0.1, -0.05) is 11.6 Å². The summed E-state index contributed by atoms with van der Waals surface area (Å²) in [6.07, 6.45) is 3.17. The molecule has 0 aromatic heterocycles. The molecule has 0 fully saturated rings. The molecule has 0 saturated carbocycles. The highest BCUT2D eigenvalue weighted by atomic mass is 35.5. The molecule has 52 valence electrons. The Morgan fingerprint density at radius 2 is 2.22 bits per heavy atom. The lowest BCUT2D eigenvalue weighted by molar-refractivity contribution is 0.703. The highest BCUT2D eigenvalue weighted by molar-refractivity contribution is 6.67. The molecular weight excluding hydrogens is 136 g/mol. The molecule has 0 atom stereocenters. The fourth-order valence-corrected chi connectivity index (χ4v) is 0.377. The SMILES string of the molecule is CC(C)N/C=C/C(=N)Cl. The maximum Gasteiger partial charge on any atom is 0.122 e. The van der Waals surface area contributed by atoms with Crippen molar-refractivity contribution in [3.63, 3.8) is 0 Å². The van der Waals surface area contributed by atoms with Gasteiger partial charge in [-0.3, -0.25) is 5.41 Å². The first-order valence-corrected chi connectivity index (χ1v) is 3.17. The van der Waals surface area contributed by atoms with Crippen molar-refractivity contribution >= 4 is 16.8 Å². The lowest BCUT2D eigenvalue weighted by Gasteiger charge is -2.01. The van der Waals surface area contributed by atoms with Crippen molar-refractivity contribution in [3.05, 3.63) is 12.3 Å². The molecule has 9 heavy (non-hydrogen) atoms. The van der Waals surface area contributed by atoms with Crippen LogP contribution < -0.4 is 5.32 Å². The van der Waals surface area contributed by atoms with E-state index in [0.717, 1.165) is 0 Å². The number of allylic oxidation sites excluding steroid dienone is 1. The molecular formula is C6H11ClN2. The predicted octanol–water partition coefficient (Wildman–Crippen LogP) is 1.71. The van der Waals surface area contributed by atoms with Crippen molar-refractivity contribution < 1.29 is 0 Å². The van der Waals surface area contributed by atoms with E-state index in [9.17, 15) is 0 Å². The van der Waals surface area contributed by atoms with Gasteiger partial charge < -0.3 is 5.32 Å². The monoisotopic (exact) mass is 146 g/mol. The number of hydrogen-bond donors (Lipinski definition) is 2. The summed E-state index contributed by atoms with van der Waals surface area (Å²) in [5, 5.41) is 9.79. The molecule has 0 amide bonds. The molecule has 0 bridgehead atoms. The molecule has 0 aliphatic rings. The molecule has 0 radical (unpaired) electrons. The van der Waals surface area contributed by atoms with Crippen LogP contribution in [0.25, 0.3) is 0 Å². The zero-order chi connectivity index (χ0) is 7.28. The summed E-state index contributed by atoms with van der Waals surface area (Å²) < 4.78 is 0. The van der Waals surface area contributed by atoms with Crippen molar-refractivity contribution in [2.45, 2.75) is 19.9 Å². The second-order valence-corrected chi connectivity index (χ2v) is 2.41. The van der Waals surface area contributed by atoms with E-state index in [-0.39, 0.29) is 5.17 Å². The van der Waals surface area contributed by atoms with Crippen LogP contribution in [-0.4, -0.2) is 11.2 Å². The highest BCUT2D eigenvalue weighted by Gasteiger charge is 1.83. The van der Waals surface area contributed by atoms with Crippen LogP contribution in [0, 0.1) is 5.41 Å². The van der Waals surface area contributed by atoms with Crippen molar-refractivity contribution in [2.75, 3.05) is 0 Å². The normalized spacial score (nSPS) is 10.7. The minimum absolute atomic E-state index is 0.0446. The molecule has 0 unspecified atom stereocenters. The standard InChI is InChI=1S/C6H11ClN2/c1-5(2)9-4-3-6(7)8/h3-5,8-9H,1-2H3/b4-3+,8-6?. The van der Waals surface area contributed by atoms with Gasteiger partial charge in [0.2, 0.25) is 0 Å². The van der Waals surface area contributed by atoms with Gasteiger partial charge in [-0.05, 0) is 26.1 Å². The summed E-state index contributed by atoms with van der Waals surface area (Å²) in [6.45, 7) is 4.03. The second-order valence-electron chi connectivity index (χ2n) is 2.00. The van der Waals surface area contributed by atoms with E-state index >= 15 is 0 Å². The smallest absolute Gasteiger partial charge is 0.122 e. The Labute approximate surface area is 60.4 Å². The summed E-state index contributed by atoms with van der Waals surface area (Å²) in [5.74, 6) is 0. The van der Waals surface area contributed by atoms with Crippen LogP contribution in [0.2, 0.25) is 0 Å². The van der Waals surface area contributed by atoms with Crippen molar-refractivity contribution in [1.82, 2.24) is 5.32 Å². The lowest BCUT2D eigenvalue weighted by atomic mass is 10.4. The highest BCUT2D eigenvalue weighted by Crippen LogP contribution is 1.82. The Morgan fingerprint density at radius 1 is 1.67 bits per heavy atom. The van der Waals surface area contributed by atoms with Gasteiger partial charge in [0.1, 0.15) is 5.17 Å². The average Bonchev–Trinajstić information content (AvgIpc) is 1.63. The first-order valence-electron chi connectivity index (χ1n) is 2.79. The molecule has 3 heteroatoms. The maximum atomic E-state index is 6.78. The van der Waals surface area contributed by atoms with Gasteiger partial charge in [-0.15, -0.1) is 0 Å². The number of nitrogens with one attached hydrogen (secondary N) is 2. The Balaban J connectivity index is 3.36.